The summed E-state index contributed by atoms with van der Waals surface area (Å²) in [6.45, 7) is 5.75. The molecule has 0 unspecified atom stereocenters. The third kappa shape index (κ3) is 3.86. The highest BCUT2D eigenvalue weighted by Gasteiger charge is 2.44. The van der Waals surface area contributed by atoms with Gasteiger partial charge in [0.1, 0.15) is 18.3 Å². The van der Waals surface area contributed by atoms with E-state index in [9.17, 15) is 15.3 Å². The number of aliphatic hydroxyl groups is 3. The van der Waals surface area contributed by atoms with Crippen molar-refractivity contribution >= 4 is 17.0 Å². The van der Waals surface area contributed by atoms with Crippen LogP contribution in [0.3, 0.4) is 0 Å². The number of aliphatic hydroxyl groups excluding tert-OH is 3. The number of nitrogens with one attached hydrogen (secondary N) is 1. The van der Waals surface area contributed by atoms with E-state index in [1.54, 1.807) is 9.25 Å². The lowest BCUT2D eigenvalue weighted by Gasteiger charge is -2.18. The molecule has 11 heteroatoms. The molecule has 1 saturated heterocycles. The van der Waals surface area contributed by atoms with Crippen LogP contribution in [0.25, 0.3) is 17.1 Å². The number of rotatable bonds is 7. The second-order valence-corrected chi connectivity index (χ2v) is 9.36. The Hall–Kier alpha value is -2.60. The number of aryl methyl sites for hydroxylation is 1. The Morgan fingerprint density at radius 2 is 1.91 bits per heavy atom. The summed E-state index contributed by atoms with van der Waals surface area (Å²) < 4.78 is 9.11. The first-order chi connectivity index (χ1) is 16.4. The minimum absolute atomic E-state index is 0.307. The van der Waals surface area contributed by atoms with Crippen molar-refractivity contribution in [3.05, 3.63) is 23.3 Å². The van der Waals surface area contributed by atoms with Crippen LogP contribution in [-0.2, 0) is 11.2 Å². The summed E-state index contributed by atoms with van der Waals surface area (Å²) in [6, 6.07) is 0.307. The normalized spacial score (nSPS) is 25.6. The van der Waals surface area contributed by atoms with E-state index in [0.29, 0.717) is 29.0 Å². The van der Waals surface area contributed by atoms with Crippen molar-refractivity contribution in [1.82, 2.24) is 29.3 Å². The Labute approximate surface area is 197 Å². The Kier molecular flexibility index (Phi) is 6.28. The molecule has 4 heterocycles. The number of fused-ring (bicyclic) bond motifs is 1. The molecule has 184 valence electrons. The highest BCUT2D eigenvalue weighted by atomic mass is 16.6. The minimum Gasteiger partial charge on any atom is -0.394 e. The van der Waals surface area contributed by atoms with Crippen molar-refractivity contribution in [3.8, 4) is 5.95 Å². The molecule has 3 aromatic rings. The SMILES string of the molecule is CCCc1c(C)nn(-c2nc(NC3CCCC3)c3ncn([C@@H]4O[C@H](CO)[C@@H](O)[C@H]4O)c3n2)c1C. The first-order valence-corrected chi connectivity index (χ1v) is 12.1. The summed E-state index contributed by atoms with van der Waals surface area (Å²) in [6.07, 6.45) is 3.69. The molecule has 1 aliphatic heterocycles. The smallest absolute Gasteiger partial charge is 0.254 e. The fourth-order valence-electron chi connectivity index (χ4n) is 5.14. The van der Waals surface area contributed by atoms with E-state index in [1.807, 2.05) is 13.8 Å². The predicted octanol–water partition coefficient (Wildman–Crippen LogP) is 1.55. The van der Waals surface area contributed by atoms with Gasteiger partial charge in [-0.1, -0.05) is 26.2 Å². The van der Waals surface area contributed by atoms with Crippen molar-refractivity contribution < 1.29 is 20.1 Å². The zero-order valence-corrected chi connectivity index (χ0v) is 19.8. The maximum absolute atomic E-state index is 10.6. The number of nitrogens with zero attached hydrogens (tertiary/aromatic N) is 6. The number of imidazole rings is 1. The lowest BCUT2D eigenvalue weighted by atomic mass is 10.1. The van der Waals surface area contributed by atoms with Gasteiger partial charge in [0.15, 0.2) is 23.2 Å². The van der Waals surface area contributed by atoms with Gasteiger partial charge in [0.05, 0.1) is 18.6 Å². The molecule has 11 nitrogen and oxygen atoms in total. The number of aromatic nitrogens is 6. The largest absolute Gasteiger partial charge is 0.394 e. The molecule has 34 heavy (non-hydrogen) atoms. The van der Waals surface area contributed by atoms with Crippen molar-refractivity contribution in [3.63, 3.8) is 0 Å². The highest BCUT2D eigenvalue weighted by Crippen LogP contribution is 2.33. The van der Waals surface area contributed by atoms with E-state index < -0.39 is 31.1 Å². The third-order valence-electron chi connectivity index (χ3n) is 7.03. The van der Waals surface area contributed by atoms with E-state index in [-0.39, 0.29) is 0 Å². The number of anilines is 1. The molecule has 0 spiro atoms. The summed E-state index contributed by atoms with van der Waals surface area (Å²) in [5, 5.41) is 38.7. The Balaban J connectivity index is 1.63. The van der Waals surface area contributed by atoms with Gasteiger partial charge < -0.3 is 25.4 Å². The van der Waals surface area contributed by atoms with E-state index in [2.05, 4.69) is 17.2 Å². The second-order valence-electron chi connectivity index (χ2n) is 9.36. The fraction of sp³-hybridized carbons (Fsp3) is 0.652. The summed E-state index contributed by atoms with van der Waals surface area (Å²) in [5.74, 6) is 1.02. The van der Waals surface area contributed by atoms with Crippen molar-refractivity contribution in [1.29, 1.82) is 0 Å². The summed E-state index contributed by atoms with van der Waals surface area (Å²) in [7, 11) is 0. The molecular weight excluding hydrogens is 438 g/mol. The molecule has 2 fully saturated rings. The second kappa shape index (κ2) is 9.21. The Morgan fingerprint density at radius 3 is 2.59 bits per heavy atom. The van der Waals surface area contributed by atoms with Gasteiger partial charge in [0, 0.05) is 11.7 Å². The Morgan fingerprint density at radius 1 is 1.15 bits per heavy atom. The van der Waals surface area contributed by atoms with Gasteiger partial charge in [-0.15, -0.1) is 0 Å². The van der Waals surface area contributed by atoms with Crippen LogP contribution in [0.5, 0.6) is 0 Å². The van der Waals surface area contributed by atoms with E-state index >= 15 is 0 Å². The van der Waals surface area contributed by atoms with Crippen LogP contribution in [0.2, 0.25) is 0 Å². The topological polar surface area (TPSA) is 143 Å². The molecule has 0 bridgehead atoms. The van der Waals surface area contributed by atoms with Crippen molar-refractivity contribution in [2.24, 2.45) is 0 Å². The number of ether oxygens (including phenoxy) is 1. The molecule has 0 amide bonds. The van der Waals surface area contributed by atoms with Gasteiger partial charge in [-0.25, -0.2) is 9.67 Å². The van der Waals surface area contributed by atoms with Gasteiger partial charge in [-0.05, 0) is 38.7 Å². The first kappa shape index (κ1) is 23.2. The zero-order chi connectivity index (χ0) is 24.0. The molecule has 1 saturated carbocycles. The van der Waals surface area contributed by atoms with Gasteiger partial charge >= 0.3 is 0 Å². The average Bonchev–Trinajstić information content (AvgIpc) is 3.60. The van der Waals surface area contributed by atoms with Crippen molar-refractivity contribution in [2.75, 3.05) is 11.9 Å². The lowest BCUT2D eigenvalue weighted by molar-refractivity contribution is -0.0511. The monoisotopic (exact) mass is 471 g/mol. The van der Waals surface area contributed by atoms with Crippen LogP contribution < -0.4 is 5.32 Å². The molecular formula is C23H33N7O4. The molecule has 0 radical (unpaired) electrons. The quantitative estimate of drug-likeness (QED) is 0.403. The van der Waals surface area contributed by atoms with Crippen LogP contribution in [0.1, 0.15) is 62.2 Å². The summed E-state index contributed by atoms with van der Waals surface area (Å²) in [4.78, 5) is 14.1. The van der Waals surface area contributed by atoms with Crippen LogP contribution in [0, 0.1) is 13.8 Å². The minimum atomic E-state index is -1.23. The van der Waals surface area contributed by atoms with E-state index in [0.717, 1.165) is 37.1 Å². The van der Waals surface area contributed by atoms with E-state index in [1.165, 1.54) is 24.7 Å². The molecule has 4 N–H and O–H groups in total. The highest BCUT2D eigenvalue weighted by molar-refractivity contribution is 5.84. The average molecular weight is 472 g/mol. The van der Waals surface area contributed by atoms with Crippen LogP contribution >= 0.6 is 0 Å². The lowest BCUT2D eigenvalue weighted by Crippen LogP contribution is -2.33. The van der Waals surface area contributed by atoms with Crippen LogP contribution in [0.4, 0.5) is 5.82 Å². The van der Waals surface area contributed by atoms with Crippen LogP contribution in [-0.4, -0.2) is 75.6 Å². The molecule has 0 aromatic carbocycles. The molecule has 1 aliphatic carbocycles. The van der Waals surface area contributed by atoms with Gasteiger partial charge in [-0.3, -0.25) is 4.57 Å². The number of hydrogen-bond acceptors (Lipinski definition) is 9. The van der Waals surface area contributed by atoms with Crippen LogP contribution in [0.15, 0.2) is 6.33 Å². The Bertz CT molecular complexity index is 1170. The zero-order valence-electron chi connectivity index (χ0n) is 19.8. The summed E-state index contributed by atoms with van der Waals surface area (Å²) >= 11 is 0. The maximum Gasteiger partial charge on any atom is 0.254 e. The van der Waals surface area contributed by atoms with Gasteiger partial charge in [0.2, 0.25) is 0 Å². The molecule has 3 aromatic heterocycles. The molecule has 4 atom stereocenters. The van der Waals surface area contributed by atoms with Gasteiger partial charge in [0.25, 0.3) is 5.95 Å². The molecule has 5 rings (SSSR count). The standard InChI is InChI=1S/C23H33N7O4/c1-4-7-15-12(2)28-30(13(15)3)23-26-20(25-14-8-5-6-9-14)17-21(27-23)29(11-24-17)22-19(33)18(32)16(10-31)34-22/h11,14,16,18-19,22,31-33H,4-10H2,1-3H3,(H,25,26,27)/t16-,18-,19-,22-/m1/s1. The predicted molar refractivity (Wildman–Crippen MR) is 125 cm³/mol. The maximum atomic E-state index is 10.6. The first-order valence-electron chi connectivity index (χ1n) is 12.1. The summed E-state index contributed by atoms with van der Waals surface area (Å²) in [5.41, 5.74) is 4.15. The van der Waals surface area contributed by atoms with Crippen molar-refractivity contribution in [2.45, 2.75) is 89.9 Å². The molecule has 2 aliphatic rings. The fourth-order valence-corrected chi connectivity index (χ4v) is 5.14. The van der Waals surface area contributed by atoms with Gasteiger partial charge in [-0.2, -0.15) is 15.1 Å². The number of hydrogen-bond donors (Lipinski definition) is 4. The van der Waals surface area contributed by atoms with E-state index in [4.69, 9.17) is 19.8 Å². The third-order valence-corrected chi connectivity index (χ3v) is 7.03.